The molecule has 12 heteroatoms. The van der Waals surface area contributed by atoms with Crippen LogP contribution in [0.2, 0.25) is 0 Å². The molecule has 1 aliphatic heterocycles. The van der Waals surface area contributed by atoms with Crippen molar-refractivity contribution in [2.24, 2.45) is 0 Å². The molecule has 3 aromatic carbocycles. The van der Waals surface area contributed by atoms with E-state index in [9.17, 15) is 22.8 Å². The number of urea groups is 1. The smallest absolute Gasteiger partial charge is 0.441 e. The number of carbonyl (C=O) groups is 2. The highest BCUT2D eigenvalue weighted by molar-refractivity contribution is 7.90. The third kappa shape index (κ3) is 6.72. The quantitative estimate of drug-likeness (QED) is 0.289. The van der Waals surface area contributed by atoms with Crippen molar-refractivity contribution in [2.75, 3.05) is 5.32 Å². The maximum absolute atomic E-state index is 13.1. The average Bonchev–Trinajstić information content (AvgIpc) is 3.53. The summed E-state index contributed by atoms with van der Waals surface area (Å²) in [7, 11) is -3.68. The van der Waals surface area contributed by atoms with Crippen molar-refractivity contribution in [3.8, 4) is 0 Å². The van der Waals surface area contributed by atoms with E-state index in [4.69, 9.17) is 13.6 Å². The lowest BCUT2D eigenvalue weighted by Gasteiger charge is -2.15. The van der Waals surface area contributed by atoms with Gasteiger partial charge in [-0.05, 0) is 60.4 Å². The normalized spacial score (nSPS) is 13.3. The van der Waals surface area contributed by atoms with Gasteiger partial charge in [0.1, 0.15) is 0 Å². The number of hydrogen-bond acceptors (Lipinski definition) is 8. The Kier molecular flexibility index (Phi) is 8.16. The Morgan fingerprint density at radius 3 is 2.38 bits per heavy atom. The molecule has 0 aliphatic carbocycles. The Labute approximate surface area is 242 Å². The maximum atomic E-state index is 13.1. The number of nitrogens with one attached hydrogen (secondary N) is 2. The Bertz CT molecular complexity index is 1760. The van der Waals surface area contributed by atoms with E-state index in [1.54, 1.807) is 30.3 Å². The van der Waals surface area contributed by atoms with Crippen LogP contribution >= 0.6 is 0 Å². The number of hydrogen-bond donors (Lipinski definition) is 2. The van der Waals surface area contributed by atoms with E-state index in [-0.39, 0.29) is 41.4 Å². The Balaban J connectivity index is 1.16. The minimum atomic E-state index is -3.68. The molecule has 5 rings (SSSR count). The predicted molar refractivity (Wildman–Crippen MR) is 152 cm³/mol. The fourth-order valence-corrected chi connectivity index (χ4v) is 5.96. The van der Waals surface area contributed by atoms with E-state index in [1.807, 2.05) is 37.3 Å². The Morgan fingerprint density at radius 1 is 0.976 bits per heavy atom. The van der Waals surface area contributed by atoms with Crippen molar-refractivity contribution >= 4 is 27.6 Å². The highest BCUT2D eigenvalue weighted by Gasteiger charge is 2.26. The summed E-state index contributed by atoms with van der Waals surface area (Å²) < 4.78 is 41.1. The molecule has 0 bridgehead atoms. The number of fused-ring (bicyclic) bond motifs is 1. The summed E-state index contributed by atoms with van der Waals surface area (Å²) in [5.74, 6) is -0.708. The van der Waals surface area contributed by atoms with Crippen molar-refractivity contribution in [2.45, 2.75) is 50.2 Å². The van der Waals surface area contributed by atoms with Crippen molar-refractivity contribution in [3.63, 3.8) is 0 Å². The number of benzene rings is 3. The zero-order valence-electron chi connectivity index (χ0n) is 23.0. The van der Waals surface area contributed by atoms with Crippen molar-refractivity contribution in [3.05, 3.63) is 117 Å². The van der Waals surface area contributed by atoms with Gasteiger partial charge < -0.3 is 24.2 Å². The largest absolute Gasteiger partial charge is 0.519 e. The van der Waals surface area contributed by atoms with Crippen LogP contribution in [-0.2, 0) is 40.0 Å². The van der Waals surface area contributed by atoms with E-state index in [1.165, 1.54) is 24.0 Å². The second-order valence-electron chi connectivity index (χ2n) is 9.96. The standard InChI is InChI=1S/C30H29N3O8S/c1-19(22-6-4-3-5-7-22)31-28(34)32-25-10-12-26(13-11-25)42(37,38)18-21-8-9-23-15-33(16-24(23)14-21)29(35)39-17-27-20(2)40-30(36)41-27/h3-14,19H,15-18H2,1-2H3,(H2,31,32,34). The van der Waals surface area contributed by atoms with E-state index in [0.29, 0.717) is 17.8 Å². The molecule has 1 atom stereocenters. The van der Waals surface area contributed by atoms with Gasteiger partial charge in [0.25, 0.3) is 0 Å². The summed E-state index contributed by atoms with van der Waals surface area (Å²) in [6.45, 7) is 3.73. The highest BCUT2D eigenvalue weighted by atomic mass is 32.2. The second-order valence-corrected chi connectivity index (χ2v) is 12.0. The lowest BCUT2D eigenvalue weighted by Crippen LogP contribution is -2.31. The maximum Gasteiger partial charge on any atom is 0.519 e. The molecule has 1 unspecified atom stereocenters. The molecule has 0 fully saturated rings. The third-order valence-corrected chi connectivity index (χ3v) is 8.59. The van der Waals surface area contributed by atoms with E-state index >= 15 is 0 Å². The van der Waals surface area contributed by atoms with Crippen molar-refractivity contribution in [1.29, 1.82) is 0 Å². The minimum absolute atomic E-state index is 0.123. The topological polar surface area (TPSA) is 148 Å². The first kappa shape index (κ1) is 28.7. The van der Waals surface area contributed by atoms with Gasteiger partial charge in [0.2, 0.25) is 0 Å². The molecule has 4 aromatic rings. The van der Waals surface area contributed by atoms with Crippen LogP contribution in [-0.4, -0.2) is 25.4 Å². The molecule has 11 nitrogen and oxygen atoms in total. The lowest BCUT2D eigenvalue weighted by molar-refractivity contribution is 0.0886. The SMILES string of the molecule is Cc1oc(=O)oc1COC(=O)N1Cc2ccc(CS(=O)(=O)c3ccc(NC(=O)NC(C)c4ccccc4)cc3)cc2C1. The van der Waals surface area contributed by atoms with Gasteiger partial charge in [0.05, 0.1) is 16.7 Å². The molecule has 0 saturated carbocycles. The number of amides is 3. The monoisotopic (exact) mass is 591 g/mol. The summed E-state index contributed by atoms with van der Waals surface area (Å²) in [5.41, 5.74) is 3.71. The molecule has 0 spiro atoms. The fraction of sp³-hybridized carbons (Fsp3) is 0.233. The Hall–Kier alpha value is -4.84. The first-order valence-electron chi connectivity index (χ1n) is 13.1. The molecule has 218 valence electrons. The molecule has 2 heterocycles. The van der Waals surface area contributed by atoms with Crippen LogP contribution in [0, 0.1) is 6.92 Å². The number of rotatable bonds is 8. The first-order valence-corrected chi connectivity index (χ1v) is 14.8. The van der Waals surface area contributed by atoms with Crippen LogP contribution in [0.15, 0.2) is 91.3 Å². The van der Waals surface area contributed by atoms with Gasteiger partial charge in [0, 0.05) is 18.8 Å². The van der Waals surface area contributed by atoms with Crippen LogP contribution < -0.4 is 16.5 Å². The second kappa shape index (κ2) is 12.0. The number of aryl methyl sites for hydroxylation is 1. The van der Waals surface area contributed by atoms with Crippen LogP contribution in [0.1, 0.15) is 46.7 Å². The number of carbonyl (C=O) groups excluding carboxylic acids is 2. The molecular weight excluding hydrogens is 562 g/mol. The van der Waals surface area contributed by atoms with Crippen LogP contribution in [0.25, 0.3) is 0 Å². The summed E-state index contributed by atoms with van der Waals surface area (Å²) in [6.07, 6.45) is -0.597. The van der Waals surface area contributed by atoms with Crippen LogP contribution in [0.5, 0.6) is 0 Å². The fourth-order valence-electron chi connectivity index (χ4n) is 4.63. The zero-order chi connectivity index (χ0) is 29.9. The molecule has 1 aromatic heterocycles. The number of sulfone groups is 1. The van der Waals surface area contributed by atoms with Gasteiger partial charge in [-0.15, -0.1) is 0 Å². The number of nitrogens with zero attached hydrogens (tertiary/aromatic N) is 1. The summed E-state index contributed by atoms with van der Waals surface area (Å²) in [6, 6.07) is 20.2. The van der Waals surface area contributed by atoms with Gasteiger partial charge in [-0.2, -0.15) is 0 Å². The minimum Gasteiger partial charge on any atom is -0.441 e. The van der Waals surface area contributed by atoms with Gasteiger partial charge in [0.15, 0.2) is 28.0 Å². The predicted octanol–water partition coefficient (Wildman–Crippen LogP) is 5.05. The van der Waals surface area contributed by atoms with Crippen molar-refractivity contribution in [1.82, 2.24) is 10.2 Å². The van der Waals surface area contributed by atoms with Gasteiger partial charge in [-0.3, -0.25) is 4.90 Å². The number of ether oxygens (including phenoxy) is 1. The Morgan fingerprint density at radius 2 is 1.69 bits per heavy atom. The summed E-state index contributed by atoms with van der Waals surface area (Å²) in [5, 5.41) is 5.57. The molecule has 0 saturated heterocycles. The molecule has 2 N–H and O–H groups in total. The van der Waals surface area contributed by atoms with Crippen molar-refractivity contribution < 1.29 is 31.6 Å². The van der Waals surface area contributed by atoms with E-state index in [0.717, 1.165) is 16.7 Å². The van der Waals surface area contributed by atoms with E-state index < -0.39 is 27.8 Å². The average molecular weight is 592 g/mol. The van der Waals surface area contributed by atoms with Gasteiger partial charge in [-0.1, -0.05) is 48.5 Å². The van der Waals surface area contributed by atoms with Gasteiger partial charge in [-0.25, -0.2) is 22.8 Å². The molecule has 42 heavy (non-hydrogen) atoms. The zero-order valence-corrected chi connectivity index (χ0v) is 23.8. The first-order chi connectivity index (χ1) is 20.1. The van der Waals surface area contributed by atoms with E-state index in [2.05, 4.69) is 10.6 Å². The van der Waals surface area contributed by atoms with Gasteiger partial charge >= 0.3 is 17.9 Å². The number of anilines is 1. The van der Waals surface area contributed by atoms with Crippen LogP contribution in [0.4, 0.5) is 15.3 Å². The third-order valence-electron chi connectivity index (χ3n) is 6.89. The molecule has 0 radical (unpaired) electrons. The highest BCUT2D eigenvalue weighted by Crippen LogP contribution is 2.27. The molecular formula is C30H29N3O8S. The molecule has 3 amide bonds. The summed E-state index contributed by atoms with van der Waals surface area (Å²) in [4.78, 5) is 37.7. The van der Waals surface area contributed by atoms with Crippen LogP contribution in [0.3, 0.4) is 0 Å². The summed E-state index contributed by atoms with van der Waals surface area (Å²) >= 11 is 0. The molecule has 1 aliphatic rings. The lowest BCUT2D eigenvalue weighted by atomic mass is 10.1.